The largest absolute Gasteiger partial charge is 0.485 e. The molecule has 126 valence electrons. The second-order valence-electron chi connectivity index (χ2n) is 5.74. The Balaban J connectivity index is 1.66. The molecule has 0 atom stereocenters. The first-order valence-corrected chi connectivity index (χ1v) is 7.56. The van der Waals surface area contributed by atoms with Crippen LogP contribution >= 0.6 is 0 Å². The molecule has 0 unspecified atom stereocenters. The van der Waals surface area contributed by atoms with Crippen molar-refractivity contribution in [2.24, 2.45) is 0 Å². The Hall–Kier alpha value is -2.90. The topological polar surface area (TPSA) is 115 Å². The number of carboxylic acid groups (broad SMARTS) is 1. The number of nitrogens with zero attached hydrogens (tertiary/aromatic N) is 2. The third kappa shape index (κ3) is 3.22. The molecular formula is C16H17N3O5. The van der Waals surface area contributed by atoms with E-state index in [1.54, 1.807) is 31.2 Å². The highest BCUT2D eigenvalue weighted by Crippen LogP contribution is 2.32. The van der Waals surface area contributed by atoms with Crippen molar-refractivity contribution in [3.8, 4) is 5.75 Å². The number of amides is 1. The summed E-state index contributed by atoms with van der Waals surface area (Å²) < 4.78 is 10.4. The minimum absolute atomic E-state index is 0.113. The van der Waals surface area contributed by atoms with Gasteiger partial charge in [0.05, 0.1) is 0 Å². The number of ether oxygens (including phenoxy) is 1. The summed E-state index contributed by atoms with van der Waals surface area (Å²) in [5.41, 5.74) is -0.805. The van der Waals surface area contributed by atoms with Gasteiger partial charge in [0.1, 0.15) is 11.3 Å². The van der Waals surface area contributed by atoms with E-state index in [9.17, 15) is 14.7 Å². The summed E-state index contributed by atoms with van der Waals surface area (Å²) in [5, 5.41) is 15.6. The molecule has 1 heterocycles. The van der Waals surface area contributed by atoms with Crippen LogP contribution in [-0.2, 0) is 11.4 Å². The van der Waals surface area contributed by atoms with Crippen molar-refractivity contribution in [1.82, 2.24) is 15.5 Å². The van der Waals surface area contributed by atoms with Crippen molar-refractivity contribution >= 4 is 11.9 Å². The number of hydrogen-bond acceptors (Lipinski definition) is 6. The number of nitrogens with one attached hydrogen (secondary N) is 1. The van der Waals surface area contributed by atoms with Gasteiger partial charge in [0.2, 0.25) is 11.7 Å². The Kier molecular flexibility index (Phi) is 4.20. The van der Waals surface area contributed by atoms with Crippen LogP contribution < -0.4 is 10.1 Å². The lowest BCUT2D eigenvalue weighted by Gasteiger charge is -2.38. The van der Waals surface area contributed by atoms with Crippen molar-refractivity contribution in [3.05, 3.63) is 41.5 Å². The summed E-state index contributed by atoms with van der Waals surface area (Å²) in [6.07, 6.45) is 1.68. The van der Waals surface area contributed by atoms with E-state index in [1.165, 1.54) is 0 Å². The molecule has 0 aliphatic heterocycles. The Morgan fingerprint density at radius 3 is 2.79 bits per heavy atom. The molecule has 1 aromatic heterocycles. The van der Waals surface area contributed by atoms with Gasteiger partial charge in [-0.1, -0.05) is 11.2 Å². The lowest BCUT2D eigenvalue weighted by atomic mass is 9.76. The molecule has 2 aromatic rings. The van der Waals surface area contributed by atoms with Gasteiger partial charge in [0.15, 0.2) is 6.61 Å². The number of aromatic nitrogens is 2. The average Bonchev–Trinajstić information content (AvgIpc) is 2.94. The smallest absolute Gasteiger partial charge is 0.329 e. The van der Waals surface area contributed by atoms with Crippen LogP contribution in [0.5, 0.6) is 5.75 Å². The summed E-state index contributed by atoms with van der Waals surface area (Å²) >= 11 is 0. The van der Waals surface area contributed by atoms with E-state index >= 15 is 0 Å². The average molecular weight is 331 g/mol. The van der Waals surface area contributed by atoms with Crippen LogP contribution in [0.15, 0.2) is 28.8 Å². The molecular weight excluding hydrogens is 314 g/mol. The third-order valence-electron chi connectivity index (χ3n) is 4.00. The molecule has 1 aromatic carbocycles. The number of carbonyl (C=O) groups is 2. The maximum absolute atomic E-state index is 12.3. The fourth-order valence-electron chi connectivity index (χ4n) is 2.49. The van der Waals surface area contributed by atoms with E-state index in [-0.39, 0.29) is 6.61 Å². The number of hydrogen-bond donors (Lipinski definition) is 2. The van der Waals surface area contributed by atoms with Crippen LogP contribution in [0.4, 0.5) is 0 Å². The minimum atomic E-state index is -1.14. The summed E-state index contributed by atoms with van der Waals surface area (Å²) in [6, 6.07) is 6.52. The molecule has 1 amide bonds. The first-order chi connectivity index (χ1) is 11.5. The highest BCUT2D eigenvalue weighted by atomic mass is 16.5. The maximum atomic E-state index is 12.3. The van der Waals surface area contributed by atoms with Gasteiger partial charge in [-0.25, -0.2) is 4.79 Å². The predicted molar refractivity (Wildman–Crippen MR) is 81.5 cm³/mol. The maximum Gasteiger partial charge on any atom is 0.329 e. The summed E-state index contributed by atoms with van der Waals surface area (Å²) in [6.45, 7) is 1.79. The Bertz CT molecular complexity index is 767. The fraction of sp³-hybridized carbons (Fsp3) is 0.375. The molecule has 24 heavy (non-hydrogen) atoms. The van der Waals surface area contributed by atoms with Gasteiger partial charge in [-0.2, -0.15) is 4.98 Å². The number of carboxylic acids is 1. The normalized spacial score (nSPS) is 15.4. The quantitative estimate of drug-likeness (QED) is 0.827. The molecule has 0 spiro atoms. The van der Waals surface area contributed by atoms with Crippen LogP contribution in [0.3, 0.4) is 0 Å². The number of aryl methyl sites for hydroxylation is 1. The Labute approximate surface area is 137 Å². The van der Waals surface area contributed by atoms with Crippen LogP contribution in [0, 0.1) is 6.92 Å². The third-order valence-corrected chi connectivity index (χ3v) is 4.00. The zero-order valence-electron chi connectivity index (χ0n) is 13.1. The van der Waals surface area contributed by atoms with Gasteiger partial charge in [-0.3, -0.25) is 4.79 Å². The van der Waals surface area contributed by atoms with Crippen molar-refractivity contribution in [2.75, 3.05) is 0 Å². The lowest BCUT2D eigenvalue weighted by molar-refractivity contribution is -0.148. The molecule has 1 aliphatic rings. The molecule has 1 aliphatic carbocycles. The molecule has 0 bridgehead atoms. The van der Waals surface area contributed by atoms with Crippen LogP contribution in [0.25, 0.3) is 0 Å². The van der Waals surface area contributed by atoms with Crippen molar-refractivity contribution < 1.29 is 24.0 Å². The molecule has 8 nitrogen and oxygen atoms in total. The monoisotopic (exact) mass is 331 g/mol. The number of carbonyl (C=O) groups excluding carboxylic acids is 1. The van der Waals surface area contributed by atoms with Gasteiger partial charge >= 0.3 is 5.97 Å². The summed E-state index contributed by atoms with van der Waals surface area (Å²) in [5.74, 6) is -0.120. The molecule has 1 saturated carbocycles. The Morgan fingerprint density at radius 1 is 1.42 bits per heavy atom. The van der Waals surface area contributed by atoms with Crippen molar-refractivity contribution in [2.45, 2.75) is 38.3 Å². The molecule has 0 saturated heterocycles. The van der Waals surface area contributed by atoms with Gasteiger partial charge in [0, 0.05) is 12.5 Å². The second kappa shape index (κ2) is 6.31. The van der Waals surface area contributed by atoms with Gasteiger partial charge < -0.3 is 19.7 Å². The SMILES string of the molecule is Cc1nc(COc2cccc(C(=O)NC3(C(=O)O)CCC3)c2)no1. The van der Waals surface area contributed by atoms with E-state index in [2.05, 4.69) is 15.5 Å². The molecule has 8 heteroatoms. The minimum Gasteiger partial charge on any atom is -0.485 e. The van der Waals surface area contributed by atoms with E-state index in [0.717, 1.165) is 6.42 Å². The molecule has 3 rings (SSSR count). The van der Waals surface area contributed by atoms with E-state index < -0.39 is 17.4 Å². The number of aliphatic carboxylic acids is 1. The summed E-state index contributed by atoms with van der Waals surface area (Å²) in [4.78, 5) is 27.7. The van der Waals surface area contributed by atoms with E-state index in [4.69, 9.17) is 9.26 Å². The zero-order valence-corrected chi connectivity index (χ0v) is 13.1. The standard InChI is InChI=1S/C16H17N3O5/c1-10-17-13(19-24-10)9-23-12-5-2-4-11(8-12)14(20)18-16(15(21)22)6-3-7-16/h2,4-5,8H,3,6-7,9H2,1H3,(H,18,20)(H,21,22). The summed E-state index contributed by atoms with van der Waals surface area (Å²) in [7, 11) is 0. The molecule has 1 fully saturated rings. The highest BCUT2D eigenvalue weighted by molar-refractivity contribution is 5.98. The van der Waals surface area contributed by atoms with Crippen LogP contribution in [0.1, 0.15) is 41.3 Å². The molecule has 0 radical (unpaired) electrons. The van der Waals surface area contributed by atoms with Crippen LogP contribution in [0.2, 0.25) is 0 Å². The zero-order chi connectivity index (χ0) is 17.2. The van der Waals surface area contributed by atoms with Gasteiger partial charge in [-0.05, 0) is 37.5 Å². The van der Waals surface area contributed by atoms with Gasteiger partial charge in [-0.15, -0.1) is 0 Å². The Morgan fingerprint density at radius 2 is 2.21 bits per heavy atom. The van der Waals surface area contributed by atoms with E-state index in [1.807, 2.05) is 0 Å². The highest BCUT2D eigenvalue weighted by Gasteiger charge is 2.45. The lowest BCUT2D eigenvalue weighted by Crippen LogP contribution is -2.59. The number of rotatable bonds is 6. The fourth-order valence-corrected chi connectivity index (χ4v) is 2.49. The molecule has 2 N–H and O–H groups in total. The second-order valence-corrected chi connectivity index (χ2v) is 5.74. The van der Waals surface area contributed by atoms with Crippen molar-refractivity contribution in [3.63, 3.8) is 0 Å². The first kappa shape index (κ1) is 16.0. The van der Waals surface area contributed by atoms with Crippen LogP contribution in [-0.4, -0.2) is 32.7 Å². The van der Waals surface area contributed by atoms with Gasteiger partial charge in [0.25, 0.3) is 5.91 Å². The predicted octanol–water partition coefficient (Wildman–Crippen LogP) is 1.69. The van der Waals surface area contributed by atoms with E-state index in [0.29, 0.717) is 35.9 Å². The first-order valence-electron chi connectivity index (χ1n) is 7.56. The van der Waals surface area contributed by atoms with Crippen molar-refractivity contribution in [1.29, 1.82) is 0 Å². The number of benzene rings is 1.